The predicted molar refractivity (Wildman–Crippen MR) is 54.8 cm³/mol. The summed E-state index contributed by atoms with van der Waals surface area (Å²) in [4.78, 5) is -0.793. The maximum atomic E-state index is 12.6. The summed E-state index contributed by atoms with van der Waals surface area (Å²) >= 11 is 22.0. The molecular formula is C6HCl4FO2S. The van der Waals surface area contributed by atoms with Gasteiger partial charge in [0.2, 0.25) is 0 Å². The second kappa shape index (κ2) is 4.02. The summed E-state index contributed by atoms with van der Waals surface area (Å²) in [6.45, 7) is 0. The third-order valence-corrected chi connectivity index (χ3v) is 4.04. The molecule has 0 radical (unpaired) electrons. The van der Waals surface area contributed by atoms with Crippen molar-refractivity contribution in [3.63, 3.8) is 0 Å². The molecule has 0 unspecified atom stereocenters. The van der Waals surface area contributed by atoms with Gasteiger partial charge in [0.15, 0.2) is 0 Å². The van der Waals surface area contributed by atoms with Crippen molar-refractivity contribution in [2.75, 3.05) is 0 Å². The third kappa shape index (κ3) is 2.25. The maximum Gasteiger partial charge on any atom is 0.333 e. The van der Waals surface area contributed by atoms with Crippen LogP contribution in [0.4, 0.5) is 3.89 Å². The molecule has 78 valence electrons. The Morgan fingerprint density at radius 1 is 1.00 bits per heavy atom. The summed E-state index contributed by atoms with van der Waals surface area (Å²) in [5, 5.41) is -1.08. The van der Waals surface area contributed by atoms with Crippen molar-refractivity contribution < 1.29 is 12.3 Å². The number of benzene rings is 1. The second-order valence-electron chi connectivity index (χ2n) is 2.24. The van der Waals surface area contributed by atoms with E-state index in [0.717, 1.165) is 6.07 Å². The second-order valence-corrected chi connectivity index (χ2v) is 5.09. The Morgan fingerprint density at radius 3 is 1.93 bits per heavy atom. The normalized spacial score (nSPS) is 11.8. The van der Waals surface area contributed by atoms with E-state index in [2.05, 4.69) is 0 Å². The van der Waals surface area contributed by atoms with E-state index in [1.807, 2.05) is 0 Å². The average Bonchev–Trinajstić information content (AvgIpc) is 2.06. The van der Waals surface area contributed by atoms with E-state index in [1.54, 1.807) is 0 Å². The van der Waals surface area contributed by atoms with E-state index in [4.69, 9.17) is 46.4 Å². The number of hydrogen-bond donors (Lipinski definition) is 0. The molecule has 0 aliphatic heterocycles. The Morgan fingerprint density at radius 2 is 1.50 bits per heavy atom. The van der Waals surface area contributed by atoms with Crippen molar-refractivity contribution >= 4 is 56.6 Å². The van der Waals surface area contributed by atoms with E-state index < -0.39 is 20.1 Å². The Labute approximate surface area is 99.7 Å². The molecule has 0 bridgehead atoms. The highest BCUT2D eigenvalue weighted by Crippen LogP contribution is 2.40. The zero-order valence-electron chi connectivity index (χ0n) is 6.19. The topological polar surface area (TPSA) is 34.1 Å². The lowest BCUT2D eigenvalue weighted by Gasteiger charge is -2.04. The first-order chi connectivity index (χ1) is 6.25. The van der Waals surface area contributed by atoms with Crippen LogP contribution in [-0.2, 0) is 10.2 Å². The minimum atomic E-state index is -4.95. The van der Waals surface area contributed by atoms with Gasteiger partial charge in [0, 0.05) is 0 Å². The molecular weight excluding hydrogens is 297 g/mol. The summed E-state index contributed by atoms with van der Waals surface area (Å²) in [6.07, 6.45) is 0. The van der Waals surface area contributed by atoms with Gasteiger partial charge in [0.25, 0.3) is 0 Å². The Hall–Kier alpha value is 0.260. The van der Waals surface area contributed by atoms with Gasteiger partial charge in [-0.3, -0.25) is 0 Å². The van der Waals surface area contributed by atoms with Crippen molar-refractivity contribution in [3.05, 3.63) is 26.2 Å². The molecule has 0 saturated heterocycles. The molecule has 0 N–H and O–H groups in total. The van der Waals surface area contributed by atoms with Gasteiger partial charge >= 0.3 is 10.2 Å². The lowest BCUT2D eigenvalue weighted by molar-refractivity contribution is 0.552. The SMILES string of the molecule is O=S(=O)(F)c1cc(Cl)c(Cl)c(Cl)c1Cl. The molecule has 0 spiro atoms. The molecule has 0 heterocycles. The average molecular weight is 298 g/mol. The highest BCUT2D eigenvalue weighted by molar-refractivity contribution is 7.86. The first kappa shape index (κ1) is 12.3. The van der Waals surface area contributed by atoms with E-state index in [9.17, 15) is 12.3 Å². The lowest BCUT2D eigenvalue weighted by atomic mass is 10.3. The largest absolute Gasteiger partial charge is 0.333 e. The van der Waals surface area contributed by atoms with Crippen LogP contribution in [0.15, 0.2) is 11.0 Å². The van der Waals surface area contributed by atoms with Crippen LogP contribution in [0.3, 0.4) is 0 Å². The molecule has 0 atom stereocenters. The molecule has 1 rings (SSSR count). The van der Waals surface area contributed by atoms with Crippen molar-refractivity contribution in [2.24, 2.45) is 0 Å². The van der Waals surface area contributed by atoms with Gasteiger partial charge in [-0.25, -0.2) is 0 Å². The number of hydrogen-bond acceptors (Lipinski definition) is 2. The van der Waals surface area contributed by atoms with Crippen LogP contribution >= 0.6 is 46.4 Å². The fourth-order valence-electron chi connectivity index (χ4n) is 0.729. The van der Waals surface area contributed by atoms with Gasteiger partial charge in [-0.2, -0.15) is 8.42 Å². The molecule has 1 aromatic rings. The minimum absolute atomic E-state index is 0.120. The fraction of sp³-hybridized carbons (Fsp3) is 0. The van der Waals surface area contributed by atoms with Crippen LogP contribution in [-0.4, -0.2) is 8.42 Å². The Balaban J connectivity index is 3.66. The monoisotopic (exact) mass is 296 g/mol. The molecule has 14 heavy (non-hydrogen) atoms. The maximum absolute atomic E-state index is 12.6. The number of rotatable bonds is 1. The van der Waals surface area contributed by atoms with E-state index in [1.165, 1.54) is 0 Å². The highest BCUT2D eigenvalue weighted by Gasteiger charge is 2.22. The van der Waals surface area contributed by atoms with Gasteiger partial charge in [-0.1, -0.05) is 46.4 Å². The zero-order chi connectivity index (χ0) is 11.1. The predicted octanol–water partition coefficient (Wildman–Crippen LogP) is 3.96. The lowest BCUT2D eigenvalue weighted by Crippen LogP contribution is -1.94. The molecule has 0 aromatic heterocycles. The molecule has 1 aromatic carbocycles. The van der Waals surface area contributed by atoms with Crippen molar-refractivity contribution in [2.45, 2.75) is 4.90 Å². The first-order valence-electron chi connectivity index (χ1n) is 3.03. The van der Waals surface area contributed by atoms with E-state index in [-0.39, 0.29) is 15.1 Å². The van der Waals surface area contributed by atoms with Gasteiger partial charge < -0.3 is 0 Å². The minimum Gasteiger partial charge on any atom is -0.189 e. The van der Waals surface area contributed by atoms with Gasteiger partial charge in [-0.15, -0.1) is 3.89 Å². The molecule has 0 amide bonds. The molecule has 8 heteroatoms. The number of halogens is 5. The van der Waals surface area contributed by atoms with E-state index in [0.29, 0.717) is 0 Å². The summed E-state index contributed by atoms with van der Waals surface area (Å²) in [5.41, 5.74) is 0. The quantitative estimate of drug-likeness (QED) is 0.447. The summed E-state index contributed by atoms with van der Waals surface area (Å²) in [5.74, 6) is 0. The van der Waals surface area contributed by atoms with Crippen molar-refractivity contribution in [1.29, 1.82) is 0 Å². The smallest absolute Gasteiger partial charge is 0.189 e. The molecule has 0 aliphatic carbocycles. The van der Waals surface area contributed by atoms with Gasteiger partial charge in [-0.05, 0) is 6.07 Å². The van der Waals surface area contributed by atoms with Crippen LogP contribution < -0.4 is 0 Å². The molecule has 2 nitrogen and oxygen atoms in total. The van der Waals surface area contributed by atoms with Crippen LogP contribution in [0.5, 0.6) is 0 Å². The molecule has 0 saturated carbocycles. The van der Waals surface area contributed by atoms with Crippen LogP contribution in [0.1, 0.15) is 0 Å². The molecule has 0 fully saturated rings. The standard InChI is InChI=1S/C6HCl4FO2S/c7-2-1-3(14(11,12)13)5(9)6(10)4(2)8/h1H. The van der Waals surface area contributed by atoms with Gasteiger partial charge in [0.1, 0.15) is 4.90 Å². The zero-order valence-corrected chi connectivity index (χ0v) is 10.0. The van der Waals surface area contributed by atoms with Gasteiger partial charge in [0.05, 0.1) is 20.1 Å². The fourth-order valence-corrected chi connectivity index (χ4v) is 2.50. The summed E-state index contributed by atoms with van der Waals surface area (Å²) in [7, 11) is -4.95. The summed E-state index contributed by atoms with van der Waals surface area (Å²) in [6, 6.07) is 0.799. The Kier molecular flexibility index (Phi) is 3.54. The highest BCUT2D eigenvalue weighted by atomic mass is 35.5. The van der Waals surface area contributed by atoms with Crippen molar-refractivity contribution in [3.8, 4) is 0 Å². The Bertz CT molecular complexity index is 485. The third-order valence-electron chi connectivity index (χ3n) is 1.33. The first-order valence-corrected chi connectivity index (χ1v) is 5.92. The van der Waals surface area contributed by atoms with Crippen molar-refractivity contribution in [1.82, 2.24) is 0 Å². The van der Waals surface area contributed by atoms with Crippen LogP contribution in [0, 0.1) is 0 Å². The van der Waals surface area contributed by atoms with E-state index >= 15 is 0 Å². The van der Waals surface area contributed by atoms with Crippen LogP contribution in [0.2, 0.25) is 20.1 Å². The molecule has 0 aliphatic rings. The summed E-state index contributed by atoms with van der Waals surface area (Å²) < 4.78 is 33.7. The van der Waals surface area contributed by atoms with Crippen LogP contribution in [0.25, 0.3) is 0 Å².